The zero-order valence-corrected chi connectivity index (χ0v) is 18.9. The molecule has 1 aromatic heterocycles. The fourth-order valence-corrected chi connectivity index (χ4v) is 4.68. The van der Waals surface area contributed by atoms with Crippen LogP contribution in [0, 0.1) is 0 Å². The van der Waals surface area contributed by atoms with Crippen LogP contribution in [0.25, 0.3) is 5.69 Å². The number of nitrogens with one attached hydrogen (secondary N) is 1. The molecule has 0 saturated carbocycles. The lowest BCUT2D eigenvalue weighted by Crippen LogP contribution is -2.30. The Kier molecular flexibility index (Phi) is 6.99. The third-order valence-electron chi connectivity index (χ3n) is 4.67. The van der Waals surface area contributed by atoms with E-state index in [2.05, 4.69) is 10.4 Å². The maximum absolute atomic E-state index is 12.9. The van der Waals surface area contributed by atoms with Crippen molar-refractivity contribution >= 4 is 33.2 Å². The first-order chi connectivity index (χ1) is 14.8. The number of halogens is 1. The number of methoxy groups -OCH3 is 1. The second kappa shape index (κ2) is 9.51. The smallest absolute Gasteiger partial charge is 0.280 e. The molecule has 8 nitrogen and oxygen atoms in total. The van der Waals surface area contributed by atoms with Crippen molar-refractivity contribution in [3.63, 3.8) is 0 Å². The zero-order chi connectivity index (χ0) is 22.6. The molecular formula is C21H23ClN4O4S. The van der Waals surface area contributed by atoms with Gasteiger partial charge in [-0.05, 0) is 30.3 Å². The Morgan fingerprint density at radius 3 is 2.45 bits per heavy atom. The van der Waals surface area contributed by atoms with E-state index in [1.54, 1.807) is 20.0 Å². The fraction of sp³-hybridized carbons (Fsp3) is 0.238. The van der Waals surface area contributed by atoms with E-state index in [9.17, 15) is 13.2 Å². The van der Waals surface area contributed by atoms with Crippen LogP contribution in [0.15, 0.2) is 59.6 Å². The molecule has 0 aliphatic rings. The lowest BCUT2D eigenvalue weighted by molar-refractivity contribution is 0.101. The summed E-state index contributed by atoms with van der Waals surface area (Å²) in [5.41, 5.74) is 0.959. The van der Waals surface area contributed by atoms with E-state index in [4.69, 9.17) is 16.3 Å². The molecule has 1 amide bonds. The maximum Gasteiger partial charge on any atom is 0.280 e. The van der Waals surface area contributed by atoms with Crippen molar-refractivity contribution in [1.29, 1.82) is 0 Å². The Morgan fingerprint density at radius 1 is 1.16 bits per heavy atom. The van der Waals surface area contributed by atoms with Crippen molar-refractivity contribution in [3.8, 4) is 11.4 Å². The summed E-state index contributed by atoms with van der Waals surface area (Å²) >= 11 is 6.22. The van der Waals surface area contributed by atoms with Crippen LogP contribution in [0.5, 0.6) is 5.75 Å². The number of benzene rings is 2. The number of ether oxygens (including phenoxy) is 1. The van der Waals surface area contributed by atoms with Crippen LogP contribution in [-0.4, -0.2) is 48.6 Å². The molecule has 0 aliphatic carbocycles. The van der Waals surface area contributed by atoms with Gasteiger partial charge in [-0.25, -0.2) is 13.1 Å². The summed E-state index contributed by atoms with van der Waals surface area (Å²) in [5, 5.41) is 7.16. The highest BCUT2D eigenvalue weighted by molar-refractivity contribution is 7.89. The van der Waals surface area contributed by atoms with E-state index in [-0.39, 0.29) is 27.0 Å². The predicted octanol–water partition coefficient (Wildman–Crippen LogP) is 3.82. The predicted molar refractivity (Wildman–Crippen MR) is 120 cm³/mol. The Balaban J connectivity index is 1.93. The quantitative estimate of drug-likeness (QED) is 0.549. The van der Waals surface area contributed by atoms with Gasteiger partial charge in [-0.2, -0.15) is 9.40 Å². The lowest BCUT2D eigenvalue weighted by atomic mass is 10.3. The highest BCUT2D eigenvalue weighted by Crippen LogP contribution is 2.28. The summed E-state index contributed by atoms with van der Waals surface area (Å²) in [6.07, 6.45) is 1.59. The molecule has 0 radical (unpaired) electrons. The van der Waals surface area contributed by atoms with Gasteiger partial charge < -0.3 is 10.1 Å². The topological polar surface area (TPSA) is 93.5 Å². The Morgan fingerprint density at radius 2 is 1.84 bits per heavy atom. The third-order valence-corrected chi connectivity index (χ3v) is 7.04. The van der Waals surface area contributed by atoms with E-state index in [1.165, 1.54) is 34.3 Å². The van der Waals surface area contributed by atoms with E-state index in [0.29, 0.717) is 13.1 Å². The van der Waals surface area contributed by atoms with Gasteiger partial charge in [-0.3, -0.25) is 4.79 Å². The van der Waals surface area contributed by atoms with Crippen LogP contribution in [0.4, 0.5) is 5.69 Å². The number of para-hydroxylation sites is 1. The van der Waals surface area contributed by atoms with E-state index in [0.717, 1.165) is 5.69 Å². The molecule has 164 valence electrons. The normalized spacial score (nSPS) is 11.5. The highest BCUT2D eigenvalue weighted by Gasteiger charge is 2.24. The third kappa shape index (κ3) is 4.73. The first kappa shape index (κ1) is 22.8. The molecule has 2 aromatic carbocycles. The molecule has 0 atom stereocenters. The summed E-state index contributed by atoms with van der Waals surface area (Å²) in [4.78, 5) is 13.0. The maximum atomic E-state index is 12.9. The number of amides is 1. The first-order valence-corrected chi connectivity index (χ1v) is 11.4. The molecule has 31 heavy (non-hydrogen) atoms. The molecular weight excluding hydrogens is 440 g/mol. The zero-order valence-electron chi connectivity index (χ0n) is 17.4. The molecule has 1 N–H and O–H groups in total. The first-order valence-electron chi connectivity index (χ1n) is 9.61. The molecule has 3 rings (SSSR count). The minimum absolute atomic E-state index is 0.0395. The molecule has 0 spiro atoms. The molecule has 3 aromatic rings. The van der Waals surface area contributed by atoms with Crippen LogP contribution >= 0.6 is 11.6 Å². The van der Waals surface area contributed by atoms with E-state index < -0.39 is 15.9 Å². The fourth-order valence-electron chi connectivity index (χ4n) is 3.03. The molecule has 0 unspecified atom stereocenters. The Hall–Kier alpha value is -2.88. The SMILES string of the molecule is CCN(CC)S(=O)(=O)c1ccc(Cl)c(NC(=O)c2nn(-c3ccccc3)cc2OC)c1. The summed E-state index contributed by atoms with van der Waals surface area (Å²) in [6, 6.07) is 13.5. The van der Waals surface area contributed by atoms with Crippen LogP contribution in [0.2, 0.25) is 5.02 Å². The van der Waals surface area contributed by atoms with Gasteiger partial charge in [0.25, 0.3) is 5.91 Å². The van der Waals surface area contributed by atoms with Crippen molar-refractivity contribution in [2.45, 2.75) is 18.7 Å². The lowest BCUT2D eigenvalue weighted by Gasteiger charge is -2.19. The molecule has 0 bridgehead atoms. The monoisotopic (exact) mass is 462 g/mol. The highest BCUT2D eigenvalue weighted by atomic mass is 35.5. The molecule has 1 heterocycles. The summed E-state index contributed by atoms with van der Waals surface area (Å²) in [7, 11) is -2.27. The largest absolute Gasteiger partial charge is 0.493 e. The number of carbonyl (C=O) groups excluding carboxylic acids is 1. The van der Waals surface area contributed by atoms with Gasteiger partial charge in [0.1, 0.15) is 0 Å². The van der Waals surface area contributed by atoms with Crippen molar-refractivity contribution in [3.05, 3.63) is 65.4 Å². The number of hydrogen-bond acceptors (Lipinski definition) is 5. The van der Waals surface area contributed by atoms with E-state index >= 15 is 0 Å². The molecule has 10 heteroatoms. The van der Waals surface area contributed by atoms with E-state index in [1.807, 2.05) is 30.3 Å². The van der Waals surface area contributed by atoms with Gasteiger partial charge in [0.05, 0.1) is 34.6 Å². The van der Waals surface area contributed by atoms with Gasteiger partial charge >= 0.3 is 0 Å². The summed E-state index contributed by atoms with van der Waals surface area (Å²) < 4.78 is 33.8. The Labute approximate surface area is 186 Å². The summed E-state index contributed by atoms with van der Waals surface area (Å²) in [6.45, 7) is 4.18. The number of sulfonamides is 1. The van der Waals surface area contributed by atoms with Gasteiger partial charge in [0.2, 0.25) is 10.0 Å². The number of rotatable bonds is 8. The van der Waals surface area contributed by atoms with Gasteiger partial charge in [-0.1, -0.05) is 43.6 Å². The number of hydrogen-bond donors (Lipinski definition) is 1. The van der Waals surface area contributed by atoms with Crippen LogP contribution in [0.1, 0.15) is 24.3 Å². The van der Waals surface area contributed by atoms with Crippen molar-refractivity contribution in [2.75, 3.05) is 25.5 Å². The number of carbonyl (C=O) groups is 1. The summed E-state index contributed by atoms with van der Waals surface area (Å²) in [5.74, 6) is -0.310. The van der Waals surface area contributed by atoms with Gasteiger partial charge in [-0.15, -0.1) is 0 Å². The van der Waals surface area contributed by atoms with Crippen LogP contribution in [-0.2, 0) is 10.0 Å². The minimum atomic E-state index is -3.71. The second-order valence-corrected chi connectivity index (χ2v) is 8.86. The number of nitrogens with zero attached hydrogens (tertiary/aromatic N) is 3. The van der Waals surface area contributed by atoms with Crippen molar-refractivity contribution in [1.82, 2.24) is 14.1 Å². The number of anilines is 1. The molecule has 0 fully saturated rings. The average Bonchev–Trinajstić information content (AvgIpc) is 3.21. The second-order valence-electron chi connectivity index (χ2n) is 6.51. The Bertz CT molecular complexity index is 1180. The van der Waals surface area contributed by atoms with Crippen molar-refractivity contribution in [2.24, 2.45) is 0 Å². The standard InChI is InChI=1S/C21H23ClN4O4S/c1-4-25(5-2)31(28,29)16-11-12-17(22)18(13-16)23-21(27)20-19(30-3)14-26(24-20)15-9-7-6-8-10-15/h6-14H,4-5H2,1-3H3,(H,23,27). The molecule has 0 aliphatic heterocycles. The average molecular weight is 463 g/mol. The number of aromatic nitrogens is 2. The van der Waals surface area contributed by atoms with Crippen LogP contribution in [0.3, 0.4) is 0 Å². The van der Waals surface area contributed by atoms with Gasteiger partial charge in [0, 0.05) is 13.1 Å². The molecule has 0 saturated heterocycles. The minimum Gasteiger partial charge on any atom is -0.493 e. The van der Waals surface area contributed by atoms with Gasteiger partial charge in [0.15, 0.2) is 11.4 Å². The van der Waals surface area contributed by atoms with Crippen LogP contribution < -0.4 is 10.1 Å². The van der Waals surface area contributed by atoms with Crippen molar-refractivity contribution < 1.29 is 17.9 Å².